The number of ether oxygens (including phenoxy) is 1. The smallest absolute Gasteiger partial charge is 0.180 e. The maximum Gasteiger partial charge on any atom is 0.180 e. The summed E-state index contributed by atoms with van der Waals surface area (Å²) in [7, 11) is 0. The van der Waals surface area contributed by atoms with Gasteiger partial charge in [-0.3, -0.25) is 9.78 Å². The summed E-state index contributed by atoms with van der Waals surface area (Å²) in [4.78, 5) is 23.1. The Bertz CT molecular complexity index is 935. The first-order valence-corrected chi connectivity index (χ1v) is 8.36. The highest BCUT2D eigenvalue weighted by Crippen LogP contribution is 2.31. The number of rotatable bonds is 3. The third-order valence-electron chi connectivity index (χ3n) is 4.16. The molecule has 0 aliphatic carbocycles. The minimum atomic E-state index is -0.131. The zero-order valence-corrected chi connectivity index (χ0v) is 14.4. The van der Waals surface area contributed by atoms with Crippen LogP contribution in [0.1, 0.15) is 17.4 Å². The monoisotopic (exact) mass is 357 g/mol. The zero-order chi connectivity index (χ0) is 17.4. The first-order chi connectivity index (χ1) is 12.1. The number of hydrogen-bond acceptors (Lipinski definition) is 6. The number of pyridine rings is 1. The van der Waals surface area contributed by atoms with Gasteiger partial charge in [-0.1, -0.05) is 11.6 Å². The van der Waals surface area contributed by atoms with E-state index in [-0.39, 0.29) is 5.78 Å². The molecule has 1 aliphatic rings. The van der Waals surface area contributed by atoms with Gasteiger partial charge in [0.15, 0.2) is 16.6 Å². The van der Waals surface area contributed by atoms with E-state index in [0.717, 1.165) is 24.3 Å². The number of ketones is 1. The van der Waals surface area contributed by atoms with Gasteiger partial charge < -0.3 is 9.64 Å². The molecule has 0 radical (unpaired) electrons. The number of imidazole rings is 1. The number of carbonyl (C=O) groups is 1. The zero-order valence-electron chi connectivity index (χ0n) is 13.6. The summed E-state index contributed by atoms with van der Waals surface area (Å²) >= 11 is 6.27. The molecular formula is C17H16ClN5O2. The molecule has 0 unspecified atom stereocenters. The molecule has 1 fully saturated rings. The van der Waals surface area contributed by atoms with Crippen molar-refractivity contribution in [3.63, 3.8) is 0 Å². The Morgan fingerprint density at radius 3 is 2.80 bits per heavy atom. The van der Waals surface area contributed by atoms with E-state index in [0.29, 0.717) is 35.4 Å². The summed E-state index contributed by atoms with van der Waals surface area (Å²) in [6.07, 6.45) is 3.37. The molecule has 128 valence electrons. The van der Waals surface area contributed by atoms with Crippen molar-refractivity contribution >= 4 is 28.7 Å². The van der Waals surface area contributed by atoms with Crippen LogP contribution in [-0.2, 0) is 4.74 Å². The Kier molecular flexibility index (Phi) is 4.10. The average molecular weight is 358 g/mol. The van der Waals surface area contributed by atoms with E-state index in [1.807, 2.05) is 12.1 Å². The van der Waals surface area contributed by atoms with Crippen LogP contribution in [0.4, 0.5) is 5.69 Å². The molecule has 8 heteroatoms. The summed E-state index contributed by atoms with van der Waals surface area (Å²) in [6, 6.07) is 5.47. The molecule has 4 rings (SSSR count). The molecule has 3 aromatic rings. The molecule has 1 saturated heterocycles. The molecule has 0 saturated carbocycles. The van der Waals surface area contributed by atoms with Gasteiger partial charge in [-0.15, -0.1) is 0 Å². The number of aromatic nitrogens is 4. The first-order valence-electron chi connectivity index (χ1n) is 7.98. The van der Waals surface area contributed by atoms with Crippen LogP contribution in [0.15, 0.2) is 30.6 Å². The molecular weight excluding hydrogens is 342 g/mol. The molecule has 0 spiro atoms. The van der Waals surface area contributed by atoms with E-state index in [1.165, 1.54) is 6.92 Å². The number of Topliss-reactive ketones (excluding diaryl/α,β-unsaturated/α-hetero) is 1. The quantitative estimate of drug-likeness (QED) is 0.670. The van der Waals surface area contributed by atoms with Crippen LogP contribution >= 0.6 is 11.6 Å². The van der Waals surface area contributed by atoms with Crippen LogP contribution in [-0.4, -0.2) is 51.7 Å². The average Bonchev–Trinajstić information content (AvgIpc) is 3.02. The maximum atomic E-state index is 12.2. The Morgan fingerprint density at radius 1 is 1.32 bits per heavy atom. The van der Waals surface area contributed by atoms with Crippen LogP contribution in [0.3, 0.4) is 0 Å². The van der Waals surface area contributed by atoms with Gasteiger partial charge in [0.1, 0.15) is 11.4 Å². The number of morpholine rings is 1. The molecule has 0 atom stereocenters. The van der Waals surface area contributed by atoms with Crippen LogP contribution in [0, 0.1) is 0 Å². The van der Waals surface area contributed by atoms with Crippen LogP contribution in [0.5, 0.6) is 0 Å². The number of nitrogens with zero attached hydrogens (tertiary/aromatic N) is 5. The van der Waals surface area contributed by atoms with Crippen LogP contribution in [0.25, 0.3) is 16.9 Å². The van der Waals surface area contributed by atoms with Crippen molar-refractivity contribution in [1.29, 1.82) is 0 Å². The largest absolute Gasteiger partial charge is 0.378 e. The van der Waals surface area contributed by atoms with E-state index >= 15 is 0 Å². The van der Waals surface area contributed by atoms with Crippen molar-refractivity contribution in [1.82, 2.24) is 19.6 Å². The Labute approximate surface area is 149 Å². The fourth-order valence-corrected chi connectivity index (χ4v) is 3.20. The minimum Gasteiger partial charge on any atom is -0.378 e. The summed E-state index contributed by atoms with van der Waals surface area (Å²) < 4.78 is 7.06. The summed E-state index contributed by atoms with van der Waals surface area (Å²) in [5.74, 6) is -0.131. The van der Waals surface area contributed by atoms with E-state index < -0.39 is 0 Å². The molecule has 25 heavy (non-hydrogen) atoms. The summed E-state index contributed by atoms with van der Waals surface area (Å²) in [5.41, 5.74) is 3.18. The van der Waals surface area contributed by atoms with Gasteiger partial charge in [-0.05, 0) is 12.1 Å². The third kappa shape index (κ3) is 2.85. The highest BCUT2D eigenvalue weighted by Gasteiger charge is 2.24. The van der Waals surface area contributed by atoms with E-state index in [2.05, 4.69) is 20.0 Å². The van der Waals surface area contributed by atoms with Crippen molar-refractivity contribution in [2.45, 2.75) is 6.92 Å². The van der Waals surface area contributed by atoms with Gasteiger partial charge in [0.05, 0.1) is 18.9 Å². The number of fused-ring (bicyclic) bond motifs is 1. The van der Waals surface area contributed by atoms with Gasteiger partial charge in [-0.25, -0.2) is 9.50 Å². The highest BCUT2D eigenvalue weighted by molar-refractivity contribution is 6.29. The standard InChI is InChI=1S/C17H16ClN5O2/c1-11(24)15-16(12-3-2-4-19-10-12)23-17(20-15)13(9-14(18)21-23)22-5-7-25-8-6-22/h2-4,9-10H,5-8H2,1H3. The fraction of sp³-hybridized carbons (Fsp3) is 0.294. The molecule has 1 aliphatic heterocycles. The molecule has 0 aromatic carbocycles. The van der Waals surface area contributed by atoms with Gasteiger partial charge in [0.2, 0.25) is 0 Å². The van der Waals surface area contributed by atoms with Crippen molar-refractivity contribution in [2.75, 3.05) is 31.2 Å². The topological polar surface area (TPSA) is 72.6 Å². The van der Waals surface area contributed by atoms with Crippen molar-refractivity contribution in [3.8, 4) is 11.3 Å². The Hall–Kier alpha value is -2.51. The fourth-order valence-electron chi connectivity index (χ4n) is 3.02. The number of hydrogen-bond donors (Lipinski definition) is 0. The predicted octanol–water partition coefficient (Wildman–Crippen LogP) is 2.48. The van der Waals surface area contributed by atoms with Crippen LogP contribution < -0.4 is 4.90 Å². The van der Waals surface area contributed by atoms with Gasteiger partial charge in [0.25, 0.3) is 0 Å². The molecule has 4 heterocycles. The number of carbonyl (C=O) groups excluding carboxylic acids is 1. The molecule has 0 amide bonds. The lowest BCUT2D eigenvalue weighted by molar-refractivity contribution is 0.101. The summed E-state index contributed by atoms with van der Waals surface area (Å²) in [5, 5.41) is 4.73. The van der Waals surface area contributed by atoms with Gasteiger partial charge in [-0.2, -0.15) is 5.10 Å². The molecule has 7 nitrogen and oxygen atoms in total. The van der Waals surface area contributed by atoms with Crippen molar-refractivity contribution < 1.29 is 9.53 Å². The Morgan fingerprint density at radius 2 is 2.12 bits per heavy atom. The van der Waals surface area contributed by atoms with Gasteiger partial charge in [0, 0.05) is 44.0 Å². The minimum absolute atomic E-state index is 0.131. The number of anilines is 1. The second-order valence-corrected chi connectivity index (χ2v) is 6.18. The van der Waals surface area contributed by atoms with E-state index in [9.17, 15) is 4.79 Å². The van der Waals surface area contributed by atoms with Crippen LogP contribution in [0.2, 0.25) is 5.15 Å². The molecule has 0 N–H and O–H groups in total. The number of halogens is 1. The van der Waals surface area contributed by atoms with Gasteiger partial charge >= 0.3 is 0 Å². The predicted molar refractivity (Wildman–Crippen MR) is 94.3 cm³/mol. The maximum absolute atomic E-state index is 12.2. The second kappa shape index (κ2) is 6.42. The molecule has 3 aromatic heterocycles. The lowest BCUT2D eigenvalue weighted by atomic mass is 10.1. The third-order valence-corrected chi connectivity index (χ3v) is 4.34. The second-order valence-electron chi connectivity index (χ2n) is 5.79. The van der Waals surface area contributed by atoms with Crippen molar-refractivity contribution in [3.05, 3.63) is 41.4 Å². The summed E-state index contributed by atoms with van der Waals surface area (Å²) in [6.45, 7) is 4.25. The Balaban J connectivity index is 1.99. The van der Waals surface area contributed by atoms with E-state index in [4.69, 9.17) is 16.3 Å². The SMILES string of the molecule is CC(=O)c1nc2c(N3CCOCC3)cc(Cl)nn2c1-c1cccnc1. The lowest BCUT2D eigenvalue weighted by Gasteiger charge is -2.28. The highest BCUT2D eigenvalue weighted by atomic mass is 35.5. The normalized spacial score (nSPS) is 14.9. The van der Waals surface area contributed by atoms with Crippen molar-refractivity contribution in [2.24, 2.45) is 0 Å². The molecule has 0 bridgehead atoms. The first kappa shape index (κ1) is 16.0. The van der Waals surface area contributed by atoms with E-state index in [1.54, 1.807) is 23.0 Å². The lowest BCUT2D eigenvalue weighted by Crippen LogP contribution is -2.36.